The molecule has 0 saturated heterocycles. The number of allylic oxidation sites excluding steroid dienone is 1. The number of nitro groups is 2. The van der Waals surface area contributed by atoms with Gasteiger partial charge in [-0.15, -0.1) is 0 Å². The van der Waals surface area contributed by atoms with Gasteiger partial charge in [-0.25, -0.2) is 13.2 Å². The monoisotopic (exact) mass is 705 g/mol. The lowest BCUT2D eigenvalue weighted by molar-refractivity contribution is -0.475. The summed E-state index contributed by atoms with van der Waals surface area (Å²) in [6.07, 6.45) is 9.41. The molecule has 0 heterocycles. The Bertz CT molecular complexity index is 1480. The van der Waals surface area contributed by atoms with Gasteiger partial charge in [-0.3, -0.25) is 25.0 Å². The Labute approximate surface area is 296 Å². The second-order valence-corrected chi connectivity index (χ2v) is 11.5. The zero-order chi connectivity index (χ0) is 36.8. The average Bonchev–Trinajstić information content (AvgIpc) is 3.03. The fourth-order valence-electron chi connectivity index (χ4n) is 4.12. The van der Waals surface area contributed by atoms with Crippen molar-refractivity contribution in [2.75, 3.05) is 6.54 Å². The molecule has 1 aliphatic rings. The zero-order valence-corrected chi connectivity index (χ0v) is 29.7. The third-order valence-corrected chi connectivity index (χ3v) is 7.02. The van der Waals surface area contributed by atoms with Crippen molar-refractivity contribution in [1.29, 1.82) is 0 Å². The fourth-order valence-corrected chi connectivity index (χ4v) is 4.12. The van der Waals surface area contributed by atoms with Crippen LogP contribution < -0.4 is 11.5 Å². The lowest BCUT2D eigenvalue weighted by atomic mass is 9.97. The summed E-state index contributed by atoms with van der Waals surface area (Å²) >= 11 is 0. The van der Waals surface area contributed by atoms with Gasteiger partial charge in [-0.1, -0.05) is 44.9 Å². The number of aldehydes is 1. The van der Waals surface area contributed by atoms with Crippen molar-refractivity contribution >= 4 is 12.4 Å². The van der Waals surface area contributed by atoms with E-state index in [9.17, 15) is 38.2 Å². The summed E-state index contributed by atoms with van der Waals surface area (Å²) in [5.41, 5.74) is 15.9. The first-order valence-corrected chi connectivity index (χ1v) is 15.7. The summed E-state index contributed by atoms with van der Waals surface area (Å²) in [6.45, 7) is 10.3. The van der Waals surface area contributed by atoms with E-state index in [1.807, 2.05) is 13.8 Å². The van der Waals surface area contributed by atoms with Gasteiger partial charge in [0.15, 0.2) is 0 Å². The Balaban J connectivity index is -0.000000567. The second-order valence-electron chi connectivity index (χ2n) is 11.5. The number of nitrogens with zero attached hydrogens (tertiary/aromatic N) is 2. The minimum atomic E-state index is -0.496. The van der Waals surface area contributed by atoms with E-state index in [0.29, 0.717) is 23.5 Å². The van der Waals surface area contributed by atoms with Crippen LogP contribution in [0.4, 0.5) is 13.2 Å². The molecule has 280 valence electrons. The van der Waals surface area contributed by atoms with Gasteiger partial charge in [0, 0.05) is 42.5 Å². The number of hydrogen-bond acceptors (Lipinski definition) is 7. The summed E-state index contributed by atoms with van der Waals surface area (Å²) in [5, 5.41) is 19.5. The topological polar surface area (TPSA) is 155 Å². The predicted octanol–water partition coefficient (Wildman–Crippen LogP) is 9.39. The van der Waals surface area contributed by atoms with Gasteiger partial charge < -0.3 is 18.9 Å². The maximum atomic E-state index is 12.8. The molecule has 0 radical (unpaired) electrons. The number of carbonyl (C=O) groups excluding carboxylic acids is 1. The number of rotatable bonds is 6. The van der Waals surface area contributed by atoms with Crippen molar-refractivity contribution in [2.45, 2.75) is 99.6 Å². The molecule has 3 aromatic carbocycles. The van der Waals surface area contributed by atoms with Crippen molar-refractivity contribution in [3.63, 3.8) is 0 Å². The summed E-state index contributed by atoms with van der Waals surface area (Å²) in [7, 11) is 0. The molecule has 0 bridgehead atoms. The SMILES string of the molecule is C.C/C(=C\c1cc(F)ccc1C)[N+](=O)[O-].CC[N+](=O)[O-].Cc1ccc(F)cc1C=O.Cc1ccc(F)cc1CC(C)N.NC1CCCCC1.[CH3-]. The third kappa shape index (κ3) is 23.0. The predicted molar refractivity (Wildman–Crippen MR) is 199 cm³/mol. The van der Waals surface area contributed by atoms with Crippen LogP contribution in [0.5, 0.6) is 0 Å². The highest BCUT2D eigenvalue weighted by molar-refractivity contribution is 5.76. The molecule has 1 fully saturated rings. The van der Waals surface area contributed by atoms with Gasteiger partial charge >= 0.3 is 0 Å². The Kier molecular flexibility index (Phi) is 27.4. The number of benzene rings is 3. The maximum absolute atomic E-state index is 12.8. The maximum Gasteiger partial charge on any atom is 0.243 e. The highest BCUT2D eigenvalue weighted by atomic mass is 19.1. The quantitative estimate of drug-likeness (QED) is 0.112. The van der Waals surface area contributed by atoms with Gasteiger partial charge in [-0.2, -0.15) is 0 Å². The van der Waals surface area contributed by atoms with Crippen molar-refractivity contribution in [2.24, 2.45) is 11.5 Å². The van der Waals surface area contributed by atoms with Crippen molar-refractivity contribution in [3.05, 3.63) is 139 Å². The molecule has 0 aliphatic heterocycles. The van der Waals surface area contributed by atoms with Gasteiger partial charge in [0.1, 0.15) is 23.7 Å². The Hall–Kier alpha value is -4.42. The summed E-state index contributed by atoms with van der Waals surface area (Å²) in [6, 6.07) is 13.8. The lowest BCUT2D eigenvalue weighted by Gasteiger charge is -2.15. The van der Waals surface area contributed by atoms with E-state index in [-0.39, 0.29) is 49.7 Å². The van der Waals surface area contributed by atoms with Crippen LogP contribution in [0.3, 0.4) is 0 Å². The van der Waals surface area contributed by atoms with Crippen LogP contribution in [0.2, 0.25) is 0 Å². The largest absolute Gasteiger partial charge is 0.358 e. The van der Waals surface area contributed by atoms with Crippen LogP contribution >= 0.6 is 0 Å². The lowest BCUT2D eigenvalue weighted by Crippen LogP contribution is -2.22. The third-order valence-electron chi connectivity index (χ3n) is 7.02. The van der Waals surface area contributed by atoms with Crippen LogP contribution in [0.15, 0.2) is 60.3 Å². The van der Waals surface area contributed by atoms with Crippen LogP contribution in [0.25, 0.3) is 6.08 Å². The van der Waals surface area contributed by atoms with Gasteiger partial charge in [0.2, 0.25) is 12.2 Å². The summed E-state index contributed by atoms with van der Waals surface area (Å²) in [4.78, 5) is 28.9. The highest BCUT2D eigenvalue weighted by Gasteiger charge is 2.07. The fraction of sp³-hybridized carbons (Fsp3) is 0.421. The number of nitrogens with two attached hydrogens (primary N) is 2. The molecule has 0 spiro atoms. The first-order chi connectivity index (χ1) is 22.5. The highest BCUT2D eigenvalue weighted by Crippen LogP contribution is 2.16. The van der Waals surface area contributed by atoms with Crippen molar-refractivity contribution in [1.82, 2.24) is 0 Å². The molecule has 1 aliphatic carbocycles. The van der Waals surface area contributed by atoms with E-state index in [1.165, 1.54) is 82.4 Å². The second kappa shape index (κ2) is 27.4. The first kappa shape index (κ1) is 50.0. The van der Waals surface area contributed by atoms with Crippen LogP contribution in [0, 0.1) is 65.9 Å². The normalized spacial score (nSPS) is 12.5. The van der Waals surface area contributed by atoms with Crippen LogP contribution in [-0.2, 0) is 6.42 Å². The Morgan fingerprint density at radius 1 is 0.860 bits per heavy atom. The molecule has 0 aromatic heterocycles. The molecule has 0 amide bonds. The molecular formula is C38H56F3N4O5-. The molecule has 1 atom stereocenters. The molecule has 3 aromatic rings. The van der Waals surface area contributed by atoms with E-state index in [2.05, 4.69) is 0 Å². The summed E-state index contributed by atoms with van der Waals surface area (Å²) in [5.74, 6) is -0.943. The number of hydrogen-bond donors (Lipinski definition) is 2. The Morgan fingerprint density at radius 2 is 1.28 bits per heavy atom. The van der Waals surface area contributed by atoms with Crippen LogP contribution in [-0.4, -0.2) is 34.8 Å². The first-order valence-electron chi connectivity index (χ1n) is 15.7. The molecule has 1 unspecified atom stereocenters. The minimum absolute atomic E-state index is 0. The van der Waals surface area contributed by atoms with E-state index in [4.69, 9.17) is 11.5 Å². The van der Waals surface area contributed by atoms with Gasteiger partial charge in [-0.05, 0) is 111 Å². The number of aryl methyl sites for hydroxylation is 3. The molecule has 12 heteroatoms. The number of carbonyl (C=O) groups is 1. The van der Waals surface area contributed by atoms with Crippen LogP contribution in [0.1, 0.15) is 98.5 Å². The molecule has 9 nitrogen and oxygen atoms in total. The van der Waals surface area contributed by atoms with E-state index in [0.717, 1.165) is 28.7 Å². The zero-order valence-electron chi connectivity index (χ0n) is 29.7. The van der Waals surface area contributed by atoms with Gasteiger partial charge in [0.05, 0.1) is 4.92 Å². The minimum Gasteiger partial charge on any atom is -0.358 e. The van der Waals surface area contributed by atoms with E-state index < -0.39 is 10.7 Å². The standard InChI is InChI=1S/C10H10FNO2.C10H14FN.C8H7FO.C6H13N.C2H5NO2.CH4.CH3/c1-7-3-4-10(11)6-9(7)5-8(2)12(13)14;1-7-3-4-10(11)6-9(7)5-8(2)12;1-6-2-3-8(9)4-7(6)5-10;7-6-4-2-1-3-5-6;1-2-3(4)5;;/h3-6H,1-2H3;3-4,6,8H,5,12H2,1-2H3;2-5H,1H3;6H,1-5,7H2;2H2,1H3;1H4;1H3/q;;;;;;-1/b8-5+;;;;;;. The molecule has 50 heavy (non-hydrogen) atoms. The summed E-state index contributed by atoms with van der Waals surface area (Å²) < 4.78 is 37.9. The molecule has 1 saturated carbocycles. The Morgan fingerprint density at radius 3 is 1.64 bits per heavy atom. The molecule has 4 N–H and O–H groups in total. The van der Waals surface area contributed by atoms with Gasteiger partial charge in [0.25, 0.3) is 0 Å². The smallest absolute Gasteiger partial charge is 0.243 e. The van der Waals surface area contributed by atoms with E-state index >= 15 is 0 Å². The van der Waals surface area contributed by atoms with Crippen molar-refractivity contribution < 1.29 is 27.8 Å². The molecular weight excluding hydrogens is 649 g/mol. The average molecular weight is 706 g/mol. The molecule has 4 rings (SSSR count). The number of halogens is 3. The van der Waals surface area contributed by atoms with Crippen molar-refractivity contribution in [3.8, 4) is 0 Å². The van der Waals surface area contributed by atoms with E-state index in [1.54, 1.807) is 38.1 Å².